The summed E-state index contributed by atoms with van der Waals surface area (Å²) in [6.45, 7) is 5.03. The van der Waals surface area contributed by atoms with Crippen molar-refractivity contribution in [3.05, 3.63) is 66.4 Å². The maximum Gasteiger partial charge on any atom is 0.268 e. The van der Waals surface area contributed by atoms with Crippen LogP contribution in [0.5, 0.6) is 0 Å². The van der Waals surface area contributed by atoms with Gasteiger partial charge in [-0.3, -0.25) is 9.59 Å². The number of fused-ring (bicyclic) bond motifs is 1. The number of rotatable bonds is 9. The number of hydrogen-bond donors (Lipinski definition) is 3. The van der Waals surface area contributed by atoms with Gasteiger partial charge < -0.3 is 20.5 Å². The van der Waals surface area contributed by atoms with Crippen molar-refractivity contribution in [2.45, 2.75) is 58.0 Å². The van der Waals surface area contributed by atoms with Crippen LogP contribution in [-0.2, 0) is 11.8 Å². The van der Waals surface area contributed by atoms with Crippen LogP contribution in [0, 0.1) is 11.8 Å². The Kier molecular flexibility index (Phi) is 8.11. The number of nitrogens with zero attached hydrogens (tertiary/aromatic N) is 1. The Hall–Kier alpha value is -3.28. The van der Waals surface area contributed by atoms with Gasteiger partial charge in [-0.2, -0.15) is 0 Å². The summed E-state index contributed by atoms with van der Waals surface area (Å²) in [5.74, 6) is 0.186. The van der Waals surface area contributed by atoms with Crippen molar-refractivity contribution in [1.82, 2.24) is 15.2 Å². The minimum Gasteiger partial charge on any atom is -0.383 e. The van der Waals surface area contributed by atoms with Crippen molar-refractivity contribution < 1.29 is 9.59 Å². The van der Waals surface area contributed by atoms with Gasteiger partial charge in [0, 0.05) is 42.3 Å². The summed E-state index contributed by atoms with van der Waals surface area (Å²) in [5.41, 5.74) is 2.70. The second kappa shape index (κ2) is 11.4. The number of amides is 2. The number of benzene rings is 2. The van der Waals surface area contributed by atoms with E-state index in [0.29, 0.717) is 18.2 Å². The third-order valence-electron chi connectivity index (χ3n) is 7.03. The first-order chi connectivity index (χ1) is 16.9. The molecule has 0 aliphatic heterocycles. The lowest BCUT2D eigenvalue weighted by atomic mass is 9.83. The summed E-state index contributed by atoms with van der Waals surface area (Å²) in [6, 6.07) is 19.9. The highest BCUT2D eigenvalue weighted by Crippen LogP contribution is 2.26. The standard InChI is InChI=1S/C29H38N4O2/c1-20(2)17-23(19-30-22-12-5-4-6-13-22)31-28(34)24-14-8-9-15-25(24)32-29(35)27-18-21-11-7-10-16-26(21)33(27)3/h4-7,10-13,16,18,20,23-25,30H,8-9,14-15,17,19H2,1-3H3,(H,31,34)(H,32,35)/t23-,24-,25+/m1/s1. The highest BCUT2D eigenvalue weighted by Gasteiger charge is 2.33. The Morgan fingerprint density at radius 3 is 2.46 bits per heavy atom. The Bertz CT molecular complexity index is 1140. The zero-order chi connectivity index (χ0) is 24.8. The fourth-order valence-electron chi connectivity index (χ4n) is 5.23. The molecule has 1 aromatic heterocycles. The van der Waals surface area contributed by atoms with E-state index in [9.17, 15) is 9.59 Å². The van der Waals surface area contributed by atoms with Crippen LogP contribution < -0.4 is 16.0 Å². The van der Waals surface area contributed by atoms with Crippen molar-refractivity contribution in [3.8, 4) is 0 Å². The lowest BCUT2D eigenvalue weighted by molar-refractivity contribution is -0.127. The molecule has 0 unspecified atom stereocenters. The molecule has 0 bridgehead atoms. The lowest BCUT2D eigenvalue weighted by Gasteiger charge is -2.33. The van der Waals surface area contributed by atoms with Crippen LogP contribution in [-0.4, -0.2) is 35.0 Å². The fraction of sp³-hybridized carbons (Fsp3) is 0.448. The molecule has 1 heterocycles. The van der Waals surface area contributed by atoms with Gasteiger partial charge in [0.15, 0.2) is 0 Å². The minimum atomic E-state index is -0.214. The summed E-state index contributed by atoms with van der Waals surface area (Å²) in [4.78, 5) is 26.7. The molecule has 3 N–H and O–H groups in total. The molecule has 0 spiro atoms. The zero-order valence-corrected chi connectivity index (χ0v) is 21.1. The number of para-hydroxylation sites is 2. The fourth-order valence-corrected chi connectivity index (χ4v) is 5.23. The van der Waals surface area contributed by atoms with Crippen LogP contribution in [0.25, 0.3) is 10.9 Å². The quantitative estimate of drug-likeness (QED) is 0.403. The van der Waals surface area contributed by atoms with Gasteiger partial charge in [0.1, 0.15) is 5.69 Å². The van der Waals surface area contributed by atoms with Crippen molar-refractivity contribution in [3.63, 3.8) is 0 Å². The number of carbonyl (C=O) groups excluding carboxylic acids is 2. The van der Waals surface area contributed by atoms with Crippen LogP contribution in [0.15, 0.2) is 60.7 Å². The van der Waals surface area contributed by atoms with E-state index in [1.807, 2.05) is 72.3 Å². The van der Waals surface area contributed by atoms with Crippen LogP contribution in [0.2, 0.25) is 0 Å². The largest absolute Gasteiger partial charge is 0.383 e. The average molecular weight is 475 g/mol. The Morgan fingerprint density at radius 1 is 1.00 bits per heavy atom. The van der Waals surface area contributed by atoms with Crippen LogP contribution in [0.1, 0.15) is 56.4 Å². The summed E-state index contributed by atoms with van der Waals surface area (Å²) >= 11 is 0. The number of nitrogens with one attached hydrogen (secondary N) is 3. The molecular weight excluding hydrogens is 436 g/mol. The summed E-state index contributed by atoms with van der Waals surface area (Å²) in [6.07, 6.45) is 4.55. The molecule has 6 heteroatoms. The molecule has 1 aliphatic carbocycles. The Labute approximate surface area is 208 Å². The Morgan fingerprint density at radius 2 is 1.71 bits per heavy atom. The molecule has 2 aromatic carbocycles. The van der Waals surface area contributed by atoms with E-state index in [2.05, 4.69) is 29.8 Å². The molecule has 1 fully saturated rings. The average Bonchev–Trinajstić information content (AvgIpc) is 3.20. The predicted molar refractivity (Wildman–Crippen MR) is 142 cm³/mol. The second-order valence-corrected chi connectivity index (χ2v) is 10.2. The molecule has 0 radical (unpaired) electrons. The second-order valence-electron chi connectivity index (χ2n) is 10.2. The molecular formula is C29H38N4O2. The van der Waals surface area contributed by atoms with E-state index < -0.39 is 0 Å². The maximum absolute atomic E-state index is 13.4. The molecule has 3 aromatic rings. The topological polar surface area (TPSA) is 75.2 Å². The number of hydrogen-bond acceptors (Lipinski definition) is 3. The zero-order valence-electron chi connectivity index (χ0n) is 21.1. The van der Waals surface area contributed by atoms with E-state index in [1.54, 1.807) is 0 Å². The van der Waals surface area contributed by atoms with Gasteiger partial charge in [0.05, 0.1) is 5.92 Å². The third kappa shape index (κ3) is 6.24. The first-order valence-electron chi connectivity index (χ1n) is 12.9. The van der Waals surface area contributed by atoms with Crippen LogP contribution >= 0.6 is 0 Å². The van der Waals surface area contributed by atoms with Crippen LogP contribution in [0.4, 0.5) is 5.69 Å². The van der Waals surface area contributed by atoms with Gasteiger partial charge >= 0.3 is 0 Å². The van der Waals surface area contributed by atoms with Crippen molar-refractivity contribution in [2.75, 3.05) is 11.9 Å². The van der Waals surface area contributed by atoms with Gasteiger partial charge in [-0.25, -0.2) is 0 Å². The van der Waals surface area contributed by atoms with E-state index in [0.717, 1.165) is 48.7 Å². The van der Waals surface area contributed by atoms with Gasteiger partial charge in [-0.1, -0.05) is 63.1 Å². The summed E-state index contributed by atoms with van der Waals surface area (Å²) in [7, 11) is 1.92. The summed E-state index contributed by atoms with van der Waals surface area (Å²) in [5, 5.41) is 11.0. The first-order valence-corrected chi connectivity index (χ1v) is 12.9. The molecule has 186 valence electrons. The highest BCUT2D eigenvalue weighted by molar-refractivity contribution is 5.99. The van der Waals surface area contributed by atoms with Gasteiger partial charge in [-0.15, -0.1) is 0 Å². The number of aryl methyl sites for hydroxylation is 1. The molecule has 1 aliphatic rings. The van der Waals surface area contributed by atoms with Crippen molar-refractivity contribution in [2.24, 2.45) is 18.9 Å². The number of aromatic nitrogens is 1. The van der Waals surface area contributed by atoms with Crippen molar-refractivity contribution in [1.29, 1.82) is 0 Å². The van der Waals surface area contributed by atoms with E-state index in [1.165, 1.54) is 0 Å². The van der Waals surface area contributed by atoms with Gasteiger partial charge in [0.25, 0.3) is 5.91 Å². The number of carbonyl (C=O) groups is 2. The molecule has 1 saturated carbocycles. The molecule has 4 rings (SSSR count). The molecule has 2 amide bonds. The minimum absolute atomic E-state index is 0.0270. The first kappa shape index (κ1) is 24.8. The lowest BCUT2D eigenvalue weighted by Crippen LogP contribution is -2.51. The third-order valence-corrected chi connectivity index (χ3v) is 7.03. The van der Waals surface area contributed by atoms with Gasteiger partial charge in [0.2, 0.25) is 5.91 Å². The van der Waals surface area contributed by atoms with Gasteiger partial charge in [-0.05, 0) is 49.4 Å². The van der Waals surface area contributed by atoms with Crippen LogP contribution in [0.3, 0.4) is 0 Å². The van der Waals surface area contributed by atoms with E-state index >= 15 is 0 Å². The molecule has 35 heavy (non-hydrogen) atoms. The Balaban J connectivity index is 1.42. The maximum atomic E-state index is 13.4. The summed E-state index contributed by atoms with van der Waals surface area (Å²) < 4.78 is 1.93. The predicted octanol–water partition coefficient (Wildman–Crippen LogP) is 5.11. The van der Waals surface area contributed by atoms with Crippen molar-refractivity contribution >= 4 is 28.4 Å². The monoisotopic (exact) mass is 474 g/mol. The van der Waals surface area contributed by atoms with E-state index in [-0.39, 0.29) is 29.8 Å². The number of anilines is 1. The molecule has 0 saturated heterocycles. The SMILES string of the molecule is CC(C)C[C@H](CNc1ccccc1)NC(=O)[C@@H]1CCCC[C@@H]1NC(=O)c1cc2ccccc2n1C. The molecule has 6 nitrogen and oxygen atoms in total. The van der Waals surface area contributed by atoms with E-state index in [4.69, 9.17) is 0 Å². The smallest absolute Gasteiger partial charge is 0.268 e. The molecule has 3 atom stereocenters. The highest BCUT2D eigenvalue weighted by atomic mass is 16.2. The normalized spacial score (nSPS) is 18.9.